The maximum atomic E-state index is 11.4. The number of anilines is 1. The van der Waals surface area contributed by atoms with Crippen LogP contribution in [0.25, 0.3) is 0 Å². The Kier molecular flexibility index (Phi) is 5.73. The van der Waals surface area contributed by atoms with Gasteiger partial charge in [0.25, 0.3) is 0 Å². The quantitative estimate of drug-likeness (QED) is 0.639. The van der Waals surface area contributed by atoms with E-state index in [0.717, 1.165) is 51.5 Å². The van der Waals surface area contributed by atoms with Crippen LogP contribution in [0.5, 0.6) is 0 Å². The van der Waals surface area contributed by atoms with Gasteiger partial charge in [-0.15, -0.1) is 0 Å². The molecule has 1 aliphatic rings. The van der Waals surface area contributed by atoms with Gasteiger partial charge in [-0.25, -0.2) is 0 Å². The minimum absolute atomic E-state index is 0.0101. The first-order chi connectivity index (χ1) is 10.2. The molecule has 5 nitrogen and oxygen atoms in total. The van der Waals surface area contributed by atoms with E-state index in [9.17, 15) is 4.79 Å². The Morgan fingerprint density at radius 2 is 2.19 bits per heavy atom. The minimum atomic E-state index is 0.0101. The lowest BCUT2D eigenvalue weighted by Gasteiger charge is -2.26. The molecular weight excluding hydrogens is 266 g/mol. The number of nitrogens with zero attached hydrogens (tertiary/aromatic N) is 2. The highest BCUT2D eigenvalue weighted by molar-refractivity contribution is 5.95. The smallest absolute Gasteiger partial charge is 0.159 e. The summed E-state index contributed by atoms with van der Waals surface area (Å²) >= 11 is 0. The summed E-state index contributed by atoms with van der Waals surface area (Å²) < 4.78 is 5.32. The Bertz CT molecular complexity index is 531. The number of hydrogen-bond donors (Lipinski definition) is 1. The number of carbonyl (C=O) groups is 1. The van der Waals surface area contributed by atoms with Crippen molar-refractivity contribution >= 4 is 11.5 Å². The van der Waals surface area contributed by atoms with Crippen molar-refractivity contribution in [3.05, 3.63) is 29.3 Å². The van der Waals surface area contributed by atoms with Gasteiger partial charge >= 0.3 is 0 Å². The van der Waals surface area contributed by atoms with Crippen molar-refractivity contribution in [2.45, 2.75) is 13.3 Å². The number of carbonyl (C=O) groups excluding carboxylic acids is 1. The fraction of sp³-hybridized carbons (Fsp3) is 0.500. The number of benzene rings is 1. The van der Waals surface area contributed by atoms with Gasteiger partial charge in [-0.2, -0.15) is 5.26 Å². The summed E-state index contributed by atoms with van der Waals surface area (Å²) in [6, 6.07) is 7.30. The summed E-state index contributed by atoms with van der Waals surface area (Å²) in [6.45, 7) is 6.94. The summed E-state index contributed by atoms with van der Waals surface area (Å²) in [5.74, 6) is 0.0101. The van der Waals surface area contributed by atoms with E-state index in [0.29, 0.717) is 11.1 Å². The van der Waals surface area contributed by atoms with Crippen molar-refractivity contribution in [3.8, 4) is 6.07 Å². The van der Waals surface area contributed by atoms with Gasteiger partial charge in [-0.3, -0.25) is 9.69 Å². The maximum Gasteiger partial charge on any atom is 0.159 e. The standard InChI is InChI=1S/C16H21N3O2/c1-13(20)14-3-4-15(12-17)16(11-14)18-5-2-6-19-7-9-21-10-8-19/h3-4,11,18H,2,5-10H2,1H3. The Balaban J connectivity index is 1.85. The molecule has 0 radical (unpaired) electrons. The third-order valence-electron chi connectivity index (χ3n) is 3.62. The molecule has 0 unspecified atom stereocenters. The zero-order valence-corrected chi connectivity index (χ0v) is 12.4. The molecule has 0 aromatic heterocycles. The molecule has 2 rings (SSSR count). The van der Waals surface area contributed by atoms with Crippen LogP contribution in [0.3, 0.4) is 0 Å². The predicted octanol–water partition coefficient (Wildman–Crippen LogP) is 1.90. The number of hydrogen-bond acceptors (Lipinski definition) is 5. The molecule has 1 aliphatic heterocycles. The lowest BCUT2D eigenvalue weighted by molar-refractivity contribution is 0.0378. The highest BCUT2D eigenvalue weighted by atomic mass is 16.5. The van der Waals surface area contributed by atoms with Gasteiger partial charge in [0.15, 0.2) is 5.78 Å². The zero-order valence-electron chi connectivity index (χ0n) is 12.4. The zero-order chi connectivity index (χ0) is 15.1. The molecule has 0 saturated carbocycles. The van der Waals surface area contributed by atoms with Crippen LogP contribution in [0.1, 0.15) is 29.3 Å². The topological polar surface area (TPSA) is 65.4 Å². The third kappa shape index (κ3) is 4.55. The SMILES string of the molecule is CC(=O)c1ccc(C#N)c(NCCCN2CCOCC2)c1. The number of rotatable bonds is 6. The van der Waals surface area contributed by atoms with Gasteiger partial charge in [0, 0.05) is 25.2 Å². The summed E-state index contributed by atoms with van der Waals surface area (Å²) in [4.78, 5) is 13.8. The van der Waals surface area contributed by atoms with Crippen LogP contribution in [0.2, 0.25) is 0 Å². The average molecular weight is 287 g/mol. The number of ether oxygens (including phenoxy) is 1. The van der Waals surface area contributed by atoms with E-state index in [1.165, 1.54) is 6.92 Å². The van der Waals surface area contributed by atoms with Crippen LogP contribution in [-0.2, 0) is 4.74 Å². The number of Topliss-reactive ketones (excluding diaryl/α,β-unsaturated/α-hetero) is 1. The first kappa shape index (κ1) is 15.5. The molecule has 1 saturated heterocycles. The van der Waals surface area contributed by atoms with Crippen molar-refractivity contribution in [1.82, 2.24) is 4.90 Å². The van der Waals surface area contributed by atoms with Crippen LogP contribution in [-0.4, -0.2) is 50.1 Å². The van der Waals surface area contributed by atoms with Gasteiger partial charge in [0.05, 0.1) is 24.5 Å². The molecule has 1 heterocycles. The van der Waals surface area contributed by atoms with E-state index in [4.69, 9.17) is 10.00 Å². The first-order valence-corrected chi connectivity index (χ1v) is 7.30. The molecule has 1 aromatic carbocycles. The van der Waals surface area contributed by atoms with Crippen LogP contribution in [0.4, 0.5) is 5.69 Å². The second-order valence-corrected chi connectivity index (χ2v) is 5.16. The Labute approximate surface area is 125 Å². The van der Waals surface area contributed by atoms with Crippen molar-refractivity contribution in [2.75, 3.05) is 44.7 Å². The molecule has 0 spiro atoms. The second-order valence-electron chi connectivity index (χ2n) is 5.16. The molecule has 1 N–H and O–H groups in total. The van der Waals surface area contributed by atoms with Gasteiger partial charge in [-0.05, 0) is 38.1 Å². The van der Waals surface area contributed by atoms with Gasteiger partial charge in [0.1, 0.15) is 6.07 Å². The van der Waals surface area contributed by atoms with E-state index in [2.05, 4.69) is 16.3 Å². The monoisotopic (exact) mass is 287 g/mol. The van der Waals surface area contributed by atoms with Crippen molar-refractivity contribution in [2.24, 2.45) is 0 Å². The van der Waals surface area contributed by atoms with Crippen molar-refractivity contribution in [1.29, 1.82) is 5.26 Å². The number of nitriles is 1. The molecule has 0 aliphatic carbocycles. The number of morpholine rings is 1. The van der Waals surface area contributed by atoms with Crippen LogP contribution in [0.15, 0.2) is 18.2 Å². The summed E-state index contributed by atoms with van der Waals surface area (Å²) in [6.07, 6.45) is 0.995. The first-order valence-electron chi connectivity index (χ1n) is 7.30. The number of nitrogens with one attached hydrogen (secondary N) is 1. The van der Waals surface area contributed by atoms with Crippen molar-refractivity contribution < 1.29 is 9.53 Å². The highest BCUT2D eigenvalue weighted by Crippen LogP contribution is 2.17. The summed E-state index contributed by atoms with van der Waals surface area (Å²) in [5, 5.41) is 12.4. The van der Waals surface area contributed by atoms with Gasteiger partial charge in [-0.1, -0.05) is 0 Å². The molecular formula is C16H21N3O2. The lowest BCUT2D eigenvalue weighted by Crippen LogP contribution is -2.37. The minimum Gasteiger partial charge on any atom is -0.384 e. The van der Waals surface area contributed by atoms with Crippen LogP contribution < -0.4 is 5.32 Å². The summed E-state index contributed by atoms with van der Waals surface area (Å²) in [7, 11) is 0. The lowest BCUT2D eigenvalue weighted by atomic mass is 10.1. The van der Waals surface area contributed by atoms with E-state index < -0.39 is 0 Å². The molecule has 0 bridgehead atoms. The normalized spacial score (nSPS) is 15.4. The average Bonchev–Trinajstić information content (AvgIpc) is 2.52. The predicted molar refractivity (Wildman–Crippen MR) is 81.5 cm³/mol. The molecule has 1 fully saturated rings. The molecule has 21 heavy (non-hydrogen) atoms. The molecule has 5 heteroatoms. The molecule has 112 valence electrons. The Hall–Kier alpha value is -1.90. The fourth-order valence-electron chi connectivity index (χ4n) is 2.36. The Morgan fingerprint density at radius 3 is 2.86 bits per heavy atom. The largest absolute Gasteiger partial charge is 0.384 e. The van der Waals surface area contributed by atoms with E-state index in [-0.39, 0.29) is 5.78 Å². The fourth-order valence-corrected chi connectivity index (χ4v) is 2.36. The third-order valence-corrected chi connectivity index (χ3v) is 3.62. The molecule has 1 aromatic rings. The van der Waals surface area contributed by atoms with Gasteiger partial charge < -0.3 is 10.1 Å². The maximum absolute atomic E-state index is 11.4. The van der Waals surface area contributed by atoms with E-state index >= 15 is 0 Å². The van der Waals surface area contributed by atoms with Crippen LogP contribution in [0, 0.1) is 11.3 Å². The van der Waals surface area contributed by atoms with E-state index in [1.807, 2.05) is 0 Å². The van der Waals surface area contributed by atoms with Crippen molar-refractivity contribution in [3.63, 3.8) is 0 Å². The Morgan fingerprint density at radius 1 is 1.43 bits per heavy atom. The number of ketones is 1. The van der Waals surface area contributed by atoms with E-state index in [1.54, 1.807) is 18.2 Å². The molecule has 0 amide bonds. The summed E-state index contributed by atoms with van der Waals surface area (Å²) in [5.41, 5.74) is 1.95. The van der Waals surface area contributed by atoms with Gasteiger partial charge in [0.2, 0.25) is 0 Å². The highest BCUT2D eigenvalue weighted by Gasteiger charge is 2.10. The van der Waals surface area contributed by atoms with Crippen LogP contribution >= 0.6 is 0 Å². The molecule has 0 atom stereocenters. The second kappa shape index (κ2) is 7.77.